The van der Waals surface area contributed by atoms with Crippen LogP contribution in [0.15, 0.2) is 54.6 Å². The molecule has 150 valence electrons. The number of amides is 1. The highest BCUT2D eigenvalue weighted by molar-refractivity contribution is 5.89. The lowest BCUT2D eigenvalue weighted by Crippen LogP contribution is -2.05. The van der Waals surface area contributed by atoms with Crippen LogP contribution in [0.5, 0.6) is 5.75 Å². The maximum atomic E-state index is 13.8. The summed E-state index contributed by atoms with van der Waals surface area (Å²) in [4.78, 5) is 15.8. The van der Waals surface area contributed by atoms with Crippen molar-refractivity contribution in [2.45, 2.75) is 26.7 Å². The zero-order valence-corrected chi connectivity index (χ0v) is 16.5. The fourth-order valence-electron chi connectivity index (χ4n) is 2.98. The lowest BCUT2D eigenvalue weighted by atomic mass is 10.0. The Kier molecular flexibility index (Phi) is 6.44. The van der Waals surface area contributed by atoms with E-state index in [-0.39, 0.29) is 11.7 Å². The maximum absolute atomic E-state index is 13.8. The van der Waals surface area contributed by atoms with Crippen molar-refractivity contribution < 1.29 is 14.3 Å². The SMILES string of the molecule is CCCCNc1cc(-c2ccc(NC(C)=O)cc2)cc(-c2cc(F)ccc2O)n1. The molecule has 0 atom stereocenters. The van der Waals surface area contributed by atoms with Crippen molar-refractivity contribution in [2.24, 2.45) is 0 Å². The molecule has 0 radical (unpaired) electrons. The molecule has 0 spiro atoms. The second kappa shape index (κ2) is 9.19. The van der Waals surface area contributed by atoms with Crippen LogP contribution in [-0.4, -0.2) is 22.5 Å². The smallest absolute Gasteiger partial charge is 0.221 e. The number of phenols is 1. The number of nitrogens with one attached hydrogen (secondary N) is 2. The van der Waals surface area contributed by atoms with Crippen LogP contribution in [0, 0.1) is 5.82 Å². The second-order valence-electron chi connectivity index (χ2n) is 6.83. The number of hydrogen-bond acceptors (Lipinski definition) is 4. The molecule has 6 heteroatoms. The predicted molar refractivity (Wildman–Crippen MR) is 114 cm³/mol. The number of halogens is 1. The Balaban J connectivity index is 2.02. The van der Waals surface area contributed by atoms with Crippen molar-refractivity contribution in [3.63, 3.8) is 0 Å². The maximum Gasteiger partial charge on any atom is 0.221 e. The zero-order chi connectivity index (χ0) is 20.8. The number of carbonyl (C=O) groups is 1. The summed E-state index contributed by atoms with van der Waals surface area (Å²) in [6.45, 7) is 4.34. The van der Waals surface area contributed by atoms with E-state index in [4.69, 9.17) is 0 Å². The number of carbonyl (C=O) groups excluding carboxylic acids is 1. The van der Waals surface area contributed by atoms with Crippen molar-refractivity contribution in [1.29, 1.82) is 0 Å². The van der Waals surface area contributed by atoms with Crippen molar-refractivity contribution in [1.82, 2.24) is 4.98 Å². The van der Waals surface area contributed by atoms with Gasteiger partial charge in [0.15, 0.2) is 0 Å². The standard InChI is InChI=1S/C23H24FN3O2/c1-3-4-11-25-23-13-17(16-5-8-19(9-6-16)26-15(2)28)12-21(27-23)20-14-18(24)7-10-22(20)29/h5-10,12-14,29H,3-4,11H2,1-2H3,(H,25,27)(H,26,28). The molecule has 0 fully saturated rings. The van der Waals surface area contributed by atoms with E-state index in [0.717, 1.165) is 30.5 Å². The molecule has 0 saturated carbocycles. The average Bonchev–Trinajstić information content (AvgIpc) is 2.70. The summed E-state index contributed by atoms with van der Waals surface area (Å²) in [6.07, 6.45) is 2.05. The number of aromatic hydroxyl groups is 1. The third kappa shape index (κ3) is 5.31. The Bertz CT molecular complexity index is 1000. The molecule has 3 aromatic rings. The monoisotopic (exact) mass is 393 g/mol. The highest BCUT2D eigenvalue weighted by Gasteiger charge is 2.12. The molecule has 3 N–H and O–H groups in total. The summed E-state index contributed by atoms with van der Waals surface area (Å²) in [5.74, 6) is 0.0511. The lowest BCUT2D eigenvalue weighted by Gasteiger charge is -2.12. The summed E-state index contributed by atoms with van der Waals surface area (Å²) >= 11 is 0. The molecule has 0 bridgehead atoms. The third-order valence-electron chi connectivity index (χ3n) is 4.43. The van der Waals surface area contributed by atoms with Crippen LogP contribution in [-0.2, 0) is 4.79 Å². The van der Waals surface area contributed by atoms with Gasteiger partial charge in [0.25, 0.3) is 0 Å². The highest BCUT2D eigenvalue weighted by Crippen LogP contribution is 2.33. The van der Waals surface area contributed by atoms with Gasteiger partial charge in [-0.05, 0) is 60.0 Å². The Hall–Kier alpha value is -3.41. The van der Waals surface area contributed by atoms with Crippen LogP contribution < -0.4 is 10.6 Å². The molecule has 0 aliphatic heterocycles. The fraction of sp³-hybridized carbons (Fsp3) is 0.217. The minimum absolute atomic E-state index is 0.0310. The molecular formula is C23H24FN3O2. The van der Waals surface area contributed by atoms with Crippen molar-refractivity contribution in [2.75, 3.05) is 17.2 Å². The molecular weight excluding hydrogens is 369 g/mol. The van der Waals surface area contributed by atoms with E-state index in [1.807, 2.05) is 36.4 Å². The summed E-state index contributed by atoms with van der Waals surface area (Å²) in [7, 11) is 0. The quantitative estimate of drug-likeness (QED) is 0.468. The second-order valence-corrected chi connectivity index (χ2v) is 6.83. The predicted octanol–water partition coefficient (Wildman–Crippen LogP) is 5.43. The molecule has 2 aromatic carbocycles. The lowest BCUT2D eigenvalue weighted by molar-refractivity contribution is -0.114. The van der Waals surface area contributed by atoms with Crippen LogP contribution >= 0.6 is 0 Å². The van der Waals surface area contributed by atoms with Gasteiger partial charge in [-0.25, -0.2) is 9.37 Å². The normalized spacial score (nSPS) is 10.6. The Labute approximate surface area is 169 Å². The first-order valence-corrected chi connectivity index (χ1v) is 9.59. The Morgan fingerprint density at radius 3 is 2.52 bits per heavy atom. The van der Waals surface area contributed by atoms with E-state index < -0.39 is 5.82 Å². The van der Waals surface area contributed by atoms with Crippen LogP contribution in [0.4, 0.5) is 15.9 Å². The van der Waals surface area contributed by atoms with E-state index in [1.54, 1.807) is 0 Å². The molecule has 0 unspecified atom stereocenters. The molecule has 1 amide bonds. The molecule has 0 aliphatic rings. The number of anilines is 2. The summed E-state index contributed by atoms with van der Waals surface area (Å²) in [5, 5.41) is 16.2. The summed E-state index contributed by atoms with van der Waals surface area (Å²) < 4.78 is 13.8. The Morgan fingerprint density at radius 1 is 1.07 bits per heavy atom. The number of pyridine rings is 1. The van der Waals surface area contributed by atoms with E-state index in [1.165, 1.54) is 25.1 Å². The van der Waals surface area contributed by atoms with Crippen molar-refractivity contribution >= 4 is 17.4 Å². The zero-order valence-electron chi connectivity index (χ0n) is 16.5. The first kappa shape index (κ1) is 20.3. The van der Waals surface area contributed by atoms with Crippen molar-refractivity contribution in [3.05, 3.63) is 60.4 Å². The molecule has 0 saturated heterocycles. The number of nitrogens with zero attached hydrogens (tertiary/aromatic N) is 1. The van der Waals surface area contributed by atoms with Gasteiger partial charge in [0, 0.05) is 24.7 Å². The minimum Gasteiger partial charge on any atom is -0.507 e. The summed E-state index contributed by atoms with van der Waals surface area (Å²) in [5.41, 5.74) is 3.30. The van der Waals surface area contributed by atoms with Gasteiger partial charge in [0.2, 0.25) is 5.91 Å². The van der Waals surface area contributed by atoms with E-state index in [9.17, 15) is 14.3 Å². The molecule has 5 nitrogen and oxygen atoms in total. The highest BCUT2D eigenvalue weighted by atomic mass is 19.1. The third-order valence-corrected chi connectivity index (χ3v) is 4.43. The molecule has 29 heavy (non-hydrogen) atoms. The van der Waals surface area contributed by atoms with E-state index >= 15 is 0 Å². The number of unbranched alkanes of at least 4 members (excludes halogenated alkanes) is 1. The topological polar surface area (TPSA) is 74.2 Å². The molecule has 3 rings (SSSR count). The van der Waals surface area contributed by atoms with Gasteiger partial charge in [-0.3, -0.25) is 4.79 Å². The van der Waals surface area contributed by atoms with Crippen LogP contribution in [0.1, 0.15) is 26.7 Å². The Morgan fingerprint density at radius 2 is 1.83 bits per heavy atom. The molecule has 1 aromatic heterocycles. The van der Waals surface area contributed by atoms with Gasteiger partial charge in [0.1, 0.15) is 17.4 Å². The number of phenolic OH excluding ortho intramolecular Hbond substituents is 1. The van der Waals surface area contributed by atoms with Crippen molar-refractivity contribution in [3.8, 4) is 28.1 Å². The fourth-order valence-corrected chi connectivity index (χ4v) is 2.98. The van der Waals surface area contributed by atoms with Gasteiger partial charge in [-0.1, -0.05) is 25.5 Å². The van der Waals surface area contributed by atoms with Gasteiger partial charge in [-0.2, -0.15) is 0 Å². The van der Waals surface area contributed by atoms with Crippen LogP contribution in [0.2, 0.25) is 0 Å². The number of benzene rings is 2. The minimum atomic E-state index is -0.440. The van der Waals surface area contributed by atoms with Gasteiger partial charge in [0.05, 0.1) is 5.69 Å². The van der Waals surface area contributed by atoms with Crippen LogP contribution in [0.25, 0.3) is 22.4 Å². The molecule has 0 aliphatic carbocycles. The number of aromatic nitrogens is 1. The van der Waals surface area contributed by atoms with Gasteiger partial charge >= 0.3 is 0 Å². The largest absolute Gasteiger partial charge is 0.507 e. The first-order chi connectivity index (χ1) is 14.0. The number of hydrogen-bond donors (Lipinski definition) is 3. The van der Waals surface area contributed by atoms with E-state index in [0.29, 0.717) is 22.8 Å². The number of rotatable bonds is 7. The van der Waals surface area contributed by atoms with E-state index in [2.05, 4.69) is 22.5 Å². The first-order valence-electron chi connectivity index (χ1n) is 9.59. The summed E-state index contributed by atoms with van der Waals surface area (Å²) in [6, 6.07) is 15.0. The average molecular weight is 393 g/mol. The van der Waals surface area contributed by atoms with Gasteiger partial charge < -0.3 is 15.7 Å². The van der Waals surface area contributed by atoms with Crippen LogP contribution in [0.3, 0.4) is 0 Å². The molecule has 1 heterocycles. The van der Waals surface area contributed by atoms with Gasteiger partial charge in [-0.15, -0.1) is 0 Å².